The summed E-state index contributed by atoms with van der Waals surface area (Å²) in [5.41, 5.74) is 0.826. The molecule has 2 heterocycles. The fraction of sp³-hybridized carbons (Fsp3) is 0.750. The number of nitrogens with zero attached hydrogens (tertiary/aromatic N) is 2. The van der Waals surface area contributed by atoms with Crippen LogP contribution in [0.25, 0.3) is 0 Å². The van der Waals surface area contributed by atoms with Crippen LogP contribution in [0.15, 0.2) is 6.07 Å². The number of aromatic nitrogens is 2. The van der Waals surface area contributed by atoms with Crippen LogP contribution >= 0.6 is 0 Å². The van der Waals surface area contributed by atoms with Gasteiger partial charge in [-0.1, -0.05) is 20.8 Å². The Bertz CT molecular complexity index is 858. The zero-order chi connectivity index (χ0) is 22.0. The summed E-state index contributed by atoms with van der Waals surface area (Å²) in [5, 5.41) is 4.33. The molecular formula is C20H32N2O6S. The van der Waals surface area contributed by atoms with Gasteiger partial charge in [0.1, 0.15) is 5.69 Å². The molecule has 1 fully saturated rings. The predicted molar refractivity (Wildman–Crippen MR) is 109 cm³/mol. The van der Waals surface area contributed by atoms with E-state index in [0.29, 0.717) is 31.7 Å². The molecule has 9 heteroatoms. The molecule has 0 radical (unpaired) electrons. The quantitative estimate of drug-likeness (QED) is 0.483. The van der Waals surface area contributed by atoms with Crippen LogP contribution in [0.5, 0.6) is 0 Å². The third-order valence-corrected chi connectivity index (χ3v) is 7.97. The van der Waals surface area contributed by atoms with Crippen molar-refractivity contribution in [2.24, 2.45) is 13.0 Å². The van der Waals surface area contributed by atoms with Crippen LogP contribution < -0.4 is 0 Å². The lowest BCUT2D eigenvalue weighted by molar-refractivity contribution is -0.144. The minimum absolute atomic E-state index is 0.0345. The Labute approximate surface area is 172 Å². The summed E-state index contributed by atoms with van der Waals surface area (Å²) in [6.07, 6.45) is 1.30. The second-order valence-electron chi connectivity index (χ2n) is 9.14. The van der Waals surface area contributed by atoms with E-state index in [9.17, 15) is 18.0 Å². The van der Waals surface area contributed by atoms with Gasteiger partial charge in [0.2, 0.25) is 5.78 Å². The average molecular weight is 429 g/mol. The van der Waals surface area contributed by atoms with Crippen molar-refractivity contribution in [3.63, 3.8) is 0 Å². The van der Waals surface area contributed by atoms with E-state index in [1.165, 1.54) is 18.5 Å². The third-order valence-electron chi connectivity index (χ3n) is 5.33. The number of hydrogen-bond donors (Lipinski definition) is 0. The molecule has 1 aliphatic rings. The van der Waals surface area contributed by atoms with Gasteiger partial charge in [-0.3, -0.25) is 14.3 Å². The number of sulfone groups is 1. The van der Waals surface area contributed by atoms with Gasteiger partial charge in [-0.25, -0.2) is 8.42 Å². The minimum Gasteiger partial charge on any atom is -0.456 e. The van der Waals surface area contributed by atoms with Gasteiger partial charge < -0.3 is 9.47 Å². The molecule has 29 heavy (non-hydrogen) atoms. The number of hydrogen-bond acceptors (Lipinski definition) is 7. The minimum atomic E-state index is -3.75. The lowest BCUT2D eigenvalue weighted by Gasteiger charge is -2.27. The molecule has 0 bridgehead atoms. The molecule has 0 unspecified atom stereocenters. The number of ketones is 1. The van der Waals surface area contributed by atoms with Gasteiger partial charge in [0.15, 0.2) is 21.2 Å². The Hall–Kier alpha value is -1.74. The summed E-state index contributed by atoms with van der Waals surface area (Å²) in [6, 6.07) is 1.67. The van der Waals surface area contributed by atoms with Crippen molar-refractivity contribution in [1.82, 2.24) is 9.78 Å². The maximum Gasteiger partial charge on any atom is 0.327 e. The van der Waals surface area contributed by atoms with Crippen molar-refractivity contribution in [3.05, 3.63) is 17.5 Å². The summed E-state index contributed by atoms with van der Waals surface area (Å²) in [7, 11) is -2.11. The van der Waals surface area contributed by atoms with Gasteiger partial charge in [-0.05, 0) is 38.7 Å². The van der Waals surface area contributed by atoms with Crippen molar-refractivity contribution in [1.29, 1.82) is 0 Å². The molecule has 0 amide bonds. The van der Waals surface area contributed by atoms with Crippen LogP contribution in [0.2, 0.25) is 0 Å². The smallest absolute Gasteiger partial charge is 0.327 e. The van der Waals surface area contributed by atoms with Gasteiger partial charge in [0, 0.05) is 25.7 Å². The zero-order valence-electron chi connectivity index (χ0n) is 18.1. The second-order valence-corrected chi connectivity index (χ2v) is 11.7. The maximum atomic E-state index is 12.8. The molecule has 0 saturated carbocycles. The number of rotatable bonds is 7. The summed E-state index contributed by atoms with van der Waals surface area (Å²) >= 11 is 0. The molecule has 1 aromatic rings. The van der Waals surface area contributed by atoms with Crippen molar-refractivity contribution in [3.8, 4) is 0 Å². The van der Waals surface area contributed by atoms with E-state index < -0.39 is 32.9 Å². The number of carbonyl (C=O) groups excluding carboxylic acids is 2. The molecule has 1 aliphatic heterocycles. The first-order valence-corrected chi connectivity index (χ1v) is 11.5. The highest BCUT2D eigenvalue weighted by atomic mass is 32.2. The van der Waals surface area contributed by atoms with Gasteiger partial charge in [0.05, 0.1) is 11.4 Å². The lowest BCUT2D eigenvalue weighted by Crippen LogP contribution is -2.45. The van der Waals surface area contributed by atoms with Crippen molar-refractivity contribution in [2.45, 2.75) is 57.6 Å². The molecule has 0 atom stereocenters. The highest BCUT2D eigenvalue weighted by molar-refractivity contribution is 7.93. The Balaban J connectivity index is 2.03. The number of Topliss-reactive ketones (excluding diaryl/α,β-unsaturated/α-hetero) is 1. The molecular weight excluding hydrogens is 396 g/mol. The van der Waals surface area contributed by atoms with Gasteiger partial charge in [0.25, 0.3) is 0 Å². The summed E-state index contributed by atoms with van der Waals surface area (Å²) < 4.78 is 35.7. The highest BCUT2D eigenvalue weighted by Gasteiger charge is 2.44. The van der Waals surface area contributed by atoms with E-state index >= 15 is 0 Å². The fourth-order valence-electron chi connectivity index (χ4n) is 3.03. The topological polar surface area (TPSA) is 105 Å². The van der Waals surface area contributed by atoms with Gasteiger partial charge >= 0.3 is 5.97 Å². The highest BCUT2D eigenvalue weighted by Crippen LogP contribution is 2.26. The molecule has 1 aromatic heterocycles. The molecule has 2 rings (SSSR count). The van der Waals surface area contributed by atoms with Crippen LogP contribution in [0, 0.1) is 5.92 Å². The summed E-state index contributed by atoms with van der Waals surface area (Å²) in [6.45, 7) is 9.13. The van der Waals surface area contributed by atoms with E-state index in [1.54, 1.807) is 13.1 Å². The zero-order valence-corrected chi connectivity index (χ0v) is 19.0. The number of ether oxygens (including phenoxy) is 2. The molecule has 0 N–H and O–H groups in total. The van der Waals surface area contributed by atoms with E-state index in [-0.39, 0.29) is 17.1 Å². The molecule has 0 spiro atoms. The first-order chi connectivity index (χ1) is 13.3. The maximum absolute atomic E-state index is 12.8. The number of esters is 1. The Morgan fingerprint density at radius 3 is 2.31 bits per heavy atom. The van der Waals surface area contributed by atoms with Crippen molar-refractivity contribution in [2.75, 3.05) is 25.6 Å². The largest absolute Gasteiger partial charge is 0.456 e. The number of aryl methyl sites for hydroxylation is 1. The van der Waals surface area contributed by atoms with E-state index in [1.807, 2.05) is 20.8 Å². The monoisotopic (exact) mass is 428 g/mol. The van der Waals surface area contributed by atoms with Crippen LogP contribution in [0.4, 0.5) is 0 Å². The molecule has 0 aromatic carbocycles. The van der Waals surface area contributed by atoms with Crippen molar-refractivity contribution < 1.29 is 27.5 Å². The van der Waals surface area contributed by atoms with Crippen molar-refractivity contribution >= 4 is 21.6 Å². The Morgan fingerprint density at radius 2 is 1.79 bits per heavy atom. The third kappa shape index (κ3) is 5.45. The average Bonchev–Trinajstić information content (AvgIpc) is 3.02. The summed E-state index contributed by atoms with van der Waals surface area (Å²) in [5.74, 6) is -1.48. The molecule has 164 valence electrons. The molecule has 8 nitrogen and oxygen atoms in total. The lowest BCUT2D eigenvalue weighted by atomic mass is 9.92. The van der Waals surface area contributed by atoms with Gasteiger partial charge in [-0.2, -0.15) is 5.10 Å². The van der Waals surface area contributed by atoms with Gasteiger partial charge in [-0.15, -0.1) is 0 Å². The predicted octanol–water partition coefficient (Wildman–Crippen LogP) is 2.06. The Morgan fingerprint density at radius 1 is 1.21 bits per heavy atom. The number of carbonyl (C=O) groups is 2. The van der Waals surface area contributed by atoms with E-state index in [0.717, 1.165) is 5.69 Å². The van der Waals surface area contributed by atoms with E-state index in [2.05, 4.69) is 5.10 Å². The first kappa shape index (κ1) is 23.5. The normalized spacial score (nSPS) is 16.6. The molecule has 0 aliphatic carbocycles. The second kappa shape index (κ2) is 8.55. The SMILES string of the molecule is Cn1nc(C(C)(C)C)cc1C(=O)COC(=O)C(C)(C)S(=O)(=O)CC1CCOCC1. The van der Waals surface area contributed by atoms with Crippen LogP contribution in [0.3, 0.4) is 0 Å². The molecule has 1 saturated heterocycles. The standard InChI is InChI=1S/C20H32N2O6S/c1-19(2,3)17-11-15(22(6)21-17)16(23)12-28-18(24)20(4,5)29(25,26)13-14-7-9-27-10-8-14/h11,14H,7-10,12-13H2,1-6H3. The Kier molecular flexibility index (Phi) is 6.94. The van der Waals surface area contributed by atoms with Crippen LogP contribution in [-0.2, 0) is 36.6 Å². The summed E-state index contributed by atoms with van der Waals surface area (Å²) in [4.78, 5) is 25.0. The van der Waals surface area contributed by atoms with E-state index in [4.69, 9.17) is 9.47 Å². The first-order valence-electron chi connectivity index (χ1n) is 9.80. The van der Waals surface area contributed by atoms with Crippen LogP contribution in [0.1, 0.15) is 63.6 Å². The fourth-order valence-corrected chi connectivity index (χ4v) is 4.72. The van der Waals surface area contributed by atoms with Crippen LogP contribution in [-0.4, -0.2) is 60.3 Å².